The topological polar surface area (TPSA) is 98.2 Å². The van der Waals surface area contributed by atoms with Crippen LogP contribution >= 0.6 is 23.2 Å². The Morgan fingerprint density at radius 3 is 2.28 bits per heavy atom. The van der Waals surface area contributed by atoms with Crippen LogP contribution in [0.5, 0.6) is 17.2 Å². The van der Waals surface area contributed by atoms with Crippen molar-refractivity contribution in [2.45, 2.75) is 13.0 Å². The molecule has 0 radical (unpaired) electrons. The molecule has 0 saturated carbocycles. The Balaban J connectivity index is 1.42. The normalized spacial score (nSPS) is 10.7. The number of hydrazone groups is 1. The second-order valence-corrected chi connectivity index (χ2v) is 8.27. The number of nitrogens with zero attached hydrogens (tertiary/aromatic N) is 1. The zero-order chi connectivity index (χ0) is 25.9. The summed E-state index contributed by atoms with van der Waals surface area (Å²) in [6, 6.07) is 17.7. The van der Waals surface area contributed by atoms with E-state index in [1.165, 1.54) is 6.21 Å². The lowest BCUT2D eigenvalue weighted by Gasteiger charge is -2.10. The summed E-state index contributed by atoms with van der Waals surface area (Å²) in [5, 5.41) is 7.45. The molecule has 2 N–H and O–H groups in total. The van der Waals surface area contributed by atoms with Gasteiger partial charge in [0.1, 0.15) is 12.4 Å². The first-order valence-corrected chi connectivity index (χ1v) is 11.6. The SMILES string of the molecule is COc1ccc(CCNC(=O)C(=O)N/N=C\c2ccc(OCc3c(Cl)cccc3Cl)cc2)cc1OC. The average molecular weight is 530 g/mol. The van der Waals surface area contributed by atoms with Crippen LogP contribution in [-0.4, -0.2) is 38.8 Å². The first kappa shape index (κ1) is 26.8. The summed E-state index contributed by atoms with van der Waals surface area (Å²) in [6.45, 7) is 0.495. The molecule has 36 heavy (non-hydrogen) atoms. The molecule has 0 heterocycles. The standard InChI is InChI=1S/C26H25Cl2N3O5/c1-34-23-11-8-17(14-24(23)35-2)12-13-29-25(32)26(33)31-30-15-18-6-9-19(10-7-18)36-16-20-21(27)4-3-5-22(20)28/h3-11,14-15H,12-13,16H2,1-2H3,(H,29,32)(H,31,33)/b30-15-. The van der Waals surface area contributed by atoms with Crippen molar-refractivity contribution in [3.05, 3.63) is 87.4 Å². The van der Waals surface area contributed by atoms with Crippen molar-refractivity contribution in [3.63, 3.8) is 0 Å². The number of hydrogen-bond donors (Lipinski definition) is 2. The number of methoxy groups -OCH3 is 2. The zero-order valence-corrected chi connectivity index (χ0v) is 21.2. The number of halogens is 2. The smallest absolute Gasteiger partial charge is 0.329 e. The van der Waals surface area contributed by atoms with Gasteiger partial charge in [-0.2, -0.15) is 5.10 Å². The van der Waals surface area contributed by atoms with Crippen LogP contribution in [-0.2, 0) is 22.6 Å². The minimum atomic E-state index is -0.866. The van der Waals surface area contributed by atoms with Crippen LogP contribution in [0.15, 0.2) is 65.8 Å². The van der Waals surface area contributed by atoms with Gasteiger partial charge >= 0.3 is 11.8 Å². The van der Waals surface area contributed by atoms with E-state index in [1.54, 1.807) is 62.8 Å². The van der Waals surface area contributed by atoms with Gasteiger partial charge in [-0.1, -0.05) is 35.3 Å². The summed E-state index contributed by atoms with van der Waals surface area (Å²) in [6.07, 6.45) is 1.93. The van der Waals surface area contributed by atoms with Gasteiger partial charge in [-0.25, -0.2) is 5.43 Å². The highest BCUT2D eigenvalue weighted by molar-refractivity contribution is 6.36. The average Bonchev–Trinajstić information content (AvgIpc) is 2.89. The molecule has 3 rings (SSSR count). The van der Waals surface area contributed by atoms with Crippen LogP contribution < -0.4 is 25.0 Å². The van der Waals surface area contributed by atoms with E-state index in [4.69, 9.17) is 37.4 Å². The summed E-state index contributed by atoms with van der Waals surface area (Å²) in [4.78, 5) is 24.0. The van der Waals surface area contributed by atoms with Crippen LogP contribution in [0.25, 0.3) is 0 Å². The second-order valence-electron chi connectivity index (χ2n) is 7.45. The van der Waals surface area contributed by atoms with Crippen LogP contribution in [0.4, 0.5) is 0 Å². The van der Waals surface area contributed by atoms with E-state index in [-0.39, 0.29) is 13.2 Å². The first-order valence-electron chi connectivity index (χ1n) is 10.9. The molecule has 0 aliphatic carbocycles. The maximum Gasteiger partial charge on any atom is 0.329 e. The zero-order valence-electron chi connectivity index (χ0n) is 19.7. The molecule has 0 bridgehead atoms. The summed E-state index contributed by atoms with van der Waals surface area (Å²) < 4.78 is 16.2. The monoisotopic (exact) mass is 529 g/mol. The third kappa shape index (κ3) is 7.63. The summed E-state index contributed by atoms with van der Waals surface area (Å²) in [7, 11) is 3.11. The highest BCUT2D eigenvalue weighted by Crippen LogP contribution is 2.28. The van der Waals surface area contributed by atoms with Gasteiger partial charge in [0, 0.05) is 22.2 Å². The molecule has 0 atom stereocenters. The van der Waals surface area contributed by atoms with E-state index in [1.807, 2.05) is 12.1 Å². The molecular formula is C26H25Cl2N3O5. The van der Waals surface area contributed by atoms with E-state index in [0.29, 0.717) is 44.8 Å². The van der Waals surface area contributed by atoms with Gasteiger partial charge in [0.05, 0.1) is 20.4 Å². The predicted molar refractivity (Wildman–Crippen MR) is 139 cm³/mol. The quantitative estimate of drug-likeness (QED) is 0.230. The number of ether oxygens (including phenoxy) is 3. The van der Waals surface area contributed by atoms with Crippen LogP contribution in [0.2, 0.25) is 10.0 Å². The molecule has 0 aromatic heterocycles. The van der Waals surface area contributed by atoms with Gasteiger partial charge in [0.15, 0.2) is 11.5 Å². The molecule has 0 aliphatic heterocycles. The fourth-order valence-electron chi connectivity index (χ4n) is 3.13. The molecule has 188 valence electrons. The number of rotatable bonds is 10. The molecule has 8 nitrogen and oxygen atoms in total. The fourth-order valence-corrected chi connectivity index (χ4v) is 3.64. The molecule has 0 spiro atoms. The Morgan fingerprint density at radius 1 is 0.917 bits per heavy atom. The van der Waals surface area contributed by atoms with Gasteiger partial charge < -0.3 is 19.5 Å². The second kappa shape index (κ2) is 13.4. The summed E-state index contributed by atoms with van der Waals surface area (Å²) in [5.74, 6) is 0.176. The third-order valence-corrected chi connectivity index (χ3v) is 5.77. The van der Waals surface area contributed by atoms with Gasteiger partial charge in [-0.05, 0) is 66.1 Å². The molecule has 0 fully saturated rings. The van der Waals surface area contributed by atoms with Crippen molar-refractivity contribution in [1.29, 1.82) is 0 Å². The lowest BCUT2D eigenvalue weighted by Crippen LogP contribution is -2.38. The number of carbonyl (C=O) groups excluding carboxylic acids is 2. The number of hydrogen-bond acceptors (Lipinski definition) is 6. The van der Waals surface area contributed by atoms with Crippen LogP contribution in [0.1, 0.15) is 16.7 Å². The van der Waals surface area contributed by atoms with E-state index < -0.39 is 11.8 Å². The Hall–Kier alpha value is -3.75. The maximum absolute atomic E-state index is 12.0. The fraction of sp³-hybridized carbons (Fsp3) is 0.192. The van der Waals surface area contributed by atoms with Crippen molar-refractivity contribution >= 4 is 41.2 Å². The Bertz CT molecular complexity index is 1210. The molecule has 2 amide bonds. The van der Waals surface area contributed by atoms with Gasteiger partial charge in [-0.3, -0.25) is 9.59 Å². The molecule has 0 saturated heterocycles. The minimum Gasteiger partial charge on any atom is -0.493 e. The van der Waals surface area contributed by atoms with E-state index >= 15 is 0 Å². The van der Waals surface area contributed by atoms with Gasteiger partial charge in [-0.15, -0.1) is 0 Å². The van der Waals surface area contributed by atoms with Gasteiger partial charge in [0.25, 0.3) is 0 Å². The van der Waals surface area contributed by atoms with Crippen LogP contribution in [0, 0.1) is 0 Å². The Kier molecular flexibility index (Phi) is 9.97. The van der Waals surface area contributed by atoms with Gasteiger partial charge in [0.2, 0.25) is 0 Å². The summed E-state index contributed by atoms with van der Waals surface area (Å²) in [5.41, 5.74) is 4.54. The van der Waals surface area contributed by atoms with Crippen molar-refractivity contribution < 1.29 is 23.8 Å². The first-order chi connectivity index (χ1) is 17.4. The highest BCUT2D eigenvalue weighted by atomic mass is 35.5. The van der Waals surface area contributed by atoms with E-state index in [2.05, 4.69) is 15.8 Å². The molecule has 3 aromatic carbocycles. The Labute approximate surface area is 219 Å². The van der Waals surface area contributed by atoms with Crippen molar-refractivity contribution in [2.24, 2.45) is 5.10 Å². The number of nitrogens with one attached hydrogen (secondary N) is 2. The lowest BCUT2D eigenvalue weighted by atomic mass is 10.1. The number of amides is 2. The lowest BCUT2D eigenvalue weighted by molar-refractivity contribution is -0.139. The van der Waals surface area contributed by atoms with E-state index in [9.17, 15) is 9.59 Å². The number of benzene rings is 3. The van der Waals surface area contributed by atoms with E-state index in [0.717, 1.165) is 5.56 Å². The van der Waals surface area contributed by atoms with Crippen molar-refractivity contribution in [3.8, 4) is 17.2 Å². The molecular weight excluding hydrogens is 505 g/mol. The highest BCUT2D eigenvalue weighted by Gasteiger charge is 2.12. The molecule has 10 heteroatoms. The molecule has 0 unspecified atom stereocenters. The number of carbonyl (C=O) groups is 2. The third-order valence-electron chi connectivity index (χ3n) is 5.06. The van der Waals surface area contributed by atoms with Crippen molar-refractivity contribution in [1.82, 2.24) is 10.7 Å². The summed E-state index contributed by atoms with van der Waals surface area (Å²) >= 11 is 12.3. The predicted octanol–water partition coefficient (Wildman–Crippen LogP) is 4.40. The molecule has 3 aromatic rings. The Morgan fingerprint density at radius 2 is 1.61 bits per heavy atom. The largest absolute Gasteiger partial charge is 0.493 e. The van der Waals surface area contributed by atoms with Crippen molar-refractivity contribution in [2.75, 3.05) is 20.8 Å². The molecule has 0 aliphatic rings. The maximum atomic E-state index is 12.0. The minimum absolute atomic E-state index is 0.225. The van der Waals surface area contributed by atoms with Crippen LogP contribution in [0.3, 0.4) is 0 Å².